The van der Waals surface area contributed by atoms with Crippen molar-refractivity contribution in [2.24, 2.45) is 0 Å². The highest BCUT2D eigenvalue weighted by molar-refractivity contribution is 6.31. The van der Waals surface area contributed by atoms with E-state index in [0.29, 0.717) is 6.04 Å². The molecular weight excluding hydrogens is 284 g/mol. The van der Waals surface area contributed by atoms with Crippen molar-refractivity contribution < 1.29 is 0 Å². The van der Waals surface area contributed by atoms with Crippen LogP contribution in [0.25, 0.3) is 16.7 Å². The van der Waals surface area contributed by atoms with Gasteiger partial charge in [-0.2, -0.15) is 0 Å². The number of imidazole rings is 1. The smallest absolute Gasteiger partial charge is 0.180 e. The lowest BCUT2D eigenvalue weighted by molar-refractivity contribution is 0.751. The highest BCUT2D eigenvalue weighted by Crippen LogP contribution is 2.28. The Morgan fingerprint density at radius 1 is 1.29 bits per heavy atom. The minimum Gasteiger partial charge on any atom is -0.364 e. The van der Waals surface area contributed by atoms with E-state index in [1.54, 1.807) is 0 Å². The van der Waals surface area contributed by atoms with Crippen LogP contribution in [0.2, 0.25) is 5.02 Å². The zero-order chi connectivity index (χ0) is 14.4. The number of hydrogen-bond acceptors (Lipinski definition) is 3. The molecule has 0 bridgehead atoms. The SMILES string of the molecule is Cc1cnc2c(NC3CCCC3)nc3ccc(Cl)cc3n12. The number of rotatable bonds is 2. The van der Waals surface area contributed by atoms with E-state index in [2.05, 4.69) is 21.6 Å². The van der Waals surface area contributed by atoms with Crippen LogP contribution in [0.1, 0.15) is 31.4 Å². The van der Waals surface area contributed by atoms with Crippen molar-refractivity contribution in [1.82, 2.24) is 14.4 Å². The first-order valence-electron chi connectivity index (χ1n) is 7.42. The Hall–Kier alpha value is -1.81. The van der Waals surface area contributed by atoms with Crippen molar-refractivity contribution in [2.45, 2.75) is 38.6 Å². The number of hydrogen-bond donors (Lipinski definition) is 1. The van der Waals surface area contributed by atoms with E-state index in [0.717, 1.165) is 33.2 Å². The third-order valence-corrected chi connectivity index (χ3v) is 4.49. The first-order chi connectivity index (χ1) is 10.2. The van der Waals surface area contributed by atoms with E-state index in [1.807, 2.05) is 24.4 Å². The van der Waals surface area contributed by atoms with Gasteiger partial charge in [0.05, 0.1) is 11.0 Å². The average molecular weight is 301 g/mol. The standard InChI is InChI=1S/C16H17ClN4/c1-10-9-18-16-15(19-12-4-2-3-5-12)20-13-7-6-11(17)8-14(13)21(10)16/h6-9,12H,2-5H2,1H3,(H,19,20). The molecule has 1 aromatic carbocycles. The van der Waals surface area contributed by atoms with Crippen LogP contribution in [0, 0.1) is 6.92 Å². The van der Waals surface area contributed by atoms with Crippen molar-refractivity contribution >= 4 is 34.1 Å². The van der Waals surface area contributed by atoms with E-state index in [4.69, 9.17) is 16.6 Å². The summed E-state index contributed by atoms with van der Waals surface area (Å²) in [6.07, 6.45) is 6.91. The van der Waals surface area contributed by atoms with Gasteiger partial charge in [-0.15, -0.1) is 0 Å². The maximum Gasteiger partial charge on any atom is 0.180 e. The van der Waals surface area contributed by atoms with Crippen molar-refractivity contribution in [1.29, 1.82) is 0 Å². The number of nitrogens with one attached hydrogen (secondary N) is 1. The monoisotopic (exact) mass is 300 g/mol. The largest absolute Gasteiger partial charge is 0.364 e. The van der Waals surface area contributed by atoms with Crippen LogP contribution in [0.5, 0.6) is 0 Å². The molecule has 0 saturated heterocycles. The summed E-state index contributed by atoms with van der Waals surface area (Å²) in [5, 5.41) is 4.29. The fraction of sp³-hybridized carbons (Fsp3) is 0.375. The maximum absolute atomic E-state index is 6.14. The second-order valence-electron chi connectivity index (χ2n) is 5.78. The predicted molar refractivity (Wildman–Crippen MR) is 86.1 cm³/mol. The van der Waals surface area contributed by atoms with Gasteiger partial charge in [0.2, 0.25) is 0 Å². The molecule has 4 rings (SSSR count). The molecule has 0 radical (unpaired) electrons. The molecule has 0 spiro atoms. The molecular formula is C16H17ClN4. The molecule has 2 heterocycles. The van der Waals surface area contributed by atoms with Gasteiger partial charge < -0.3 is 5.32 Å². The minimum atomic E-state index is 0.517. The molecule has 21 heavy (non-hydrogen) atoms. The number of aromatic nitrogens is 3. The Bertz CT molecular complexity index is 818. The summed E-state index contributed by atoms with van der Waals surface area (Å²) in [5.41, 5.74) is 3.92. The second kappa shape index (κ2) is 4.88. The normalized spacial score (nSPS) is 16.1. The molecule has 5 heteroatoms. The topological polar surface area (TPSA) is 42.2 Å². The van der Waals surface area contributed by atoms with Crippen LogP contribution in [0.15, 0.2) is 24.4 Å². The summed E-state index contributed by atoms with van der Waals surface area (Å²) in [6, 6.07) is 6.32. The summed E-state index contributed by atoms with van der Waals surface area (Å²) in [5.74, 6) is 0.879. The summed E-state index contributed by atoms with van der Waals surface area (Å²) < 4.78 is 2.13. The lowest BCUT2D eigenvalue weighted by atomic mass is 10.2. The van der Waals surface area contributed by atoms with Crippen LogP contribution in [0.3, 0.4) is 0 Å². The average Bonchev–Trinajstić information content (AvgIpc) is 3.10. The lowest BCUT2D eigenvalue weighted by Crippen LogP contribution is -2.16. The molecule has 108 valence electrons. The van der Waals surface area contributed by atoms with Crippen LogP contribution < -0.4 is 5.32 Å². The van der Waals surface area contributed by atoms with Crippen LogP contribution >= 0.6 is 11.6 Å². The van der Waals surface area contributed by atoms with Crippen molar-refractivity contribution in [3.8, 4) is 0 Å². The van der Waals surface area contributed by atoms with E-state index < -0.39 is 0 Å². The van der Waals surface area contributed by atoms with Gasteiger partial charge in [-0.1, -0.05) is 24.4 Å². The van der Waals surface area contributed by atoms with Gasteiger partial charge in [0, 0.05) is 23.0 Å². The molecule has 1 aliphatic carbocycles. The third-order valence-electron chi connectivity index (χ3n) is 4.26. The van der Waals surface area contributed by atoms with E-state index in [-0.39, 0.29) is 0 Å². The minimum absolute atomic E-state index is 0.517. The predicted octanol–water partition coefficient (Wildman–Crippen LogP) is 4.20. The van der Waals surface area contributed by atoms with Gasteiger partial charge in [-0.3, -0.25) is 4.40 Å². The molecule has 0 atom stereocenters. The highest BCUT2D eigenvalue weighted by Gasteiger charge is 2.18. The van der Waals surface area contributed by atoms with E-state index >= 15 is 0 Å². The lowest BCUT2D eigenvalue weighted by Gasteiger charge is -2.15. The number of fused-ring (bicyclic) bond motifs is 3. The van der Waals surface area contributed by atoms with Crippen LogP contribution in [-0.2, 0) is 0 Å². The van der Waals surface area contributed by atoms with E-state index in [9.17, 15) is 0 Å². The van der Waals surface area contributed by atoms with Crippen molar-refractivity contribution in [2.75, 3.05) is 5.32 Å². The molecule has 3 aromatic rings. The Morgan fingerprint density at radius 2 is 2.10 bits per heavy atom. The summed E-state index contributed by atoms with van der Waals surface area (Å²) >= 11 is 6.14. The summed E-state index contributed by atoms with van der Waals surface area (Å²) in [6.45, 7) is 2.06. The van der Waals surface area contributed by atoms with Gasteiger partial charge in [-0.05, 0) is 38.0 Å². The molecule has 1 N–H and O–H groups in total. The molecule has 0 amide bonds. The first-order valence-corrected chi connectivity index (χ1v) is 7.80. The molecule has 1 fully saturated rings. The van der Waals surface area contributed by atoms with Gasteiger partial charge in [0.1, 0.15) is 0 Å². The molecule has 0 aliphatic heterocycles. The number of anilines is 1. The Kier molecular flexibility index (Phi) is 3.00. The molecule has 1 aliphatic rings. The van der Waals surface area contributed by atoms with Gasteiger partial charge in [-0.25, -0.2) is 9.97 Å². The fourth-order valence-electron chi connectivity index (χ4n) is 3.21. The summed E-state index contributed by atoms with van der Waals surface area (Å²) in [4.78, 5) is 9.30. The molecule has 4 nitrogen and oxygen atoms in total. The van der Waals surface area contributed by atoms with Crippen LogP contribution in [0.4, 0.5) is 5.82 Å². The third kappa shape index (κ3) is 2.14. The van der Waals surface area contributed by atoms with Crippen molar-refractivity contribution in [3.63, 3.8) is 0 Å². The van der Waals surface area contributed by atoms with Crippen molar-refractivity contribution in [3.05, 3.63) is 35.1 Å². The van der Waals surface area contributed by atoms with Crippen LogP contribution in [-0.4, -0.2) is 20.4 Å². The molecule has 1 saturated carbocycles. The summed E-state index contributed by atoms with van der Waals surface area (Å²) in [7, 11) is 0. The quantitative estimate of drug-likeness (QED) is 0.771. The zero-order valence-corrected chi connectivity index (χ0v) is 12.7. The molecule has 0 unspecified atom stereocenters. The highest BCUT2D eigenvalue weighted by atomic mass is 35.5. The number of nitrogens with zero attached hydrogens (tertiary/aromatic N) is 3. The van der Waals surface area contributed by atoms with Gasteiger partial charge in [0.15, 0.2) is 11.5 Å². The Morgan fingerprint density at radius 3 is 2.90 bits per heavy atom. The zero-order valence-electron chi connectivity index (χ0n) is 11.9. The molecule has 2 aromatic heterocycles. The van der Waals surface area contributed by atoms with Gasteiger partial charge >= 0.3 is 0 Å². The Balaban J connectivity index is 1.94. The fourth-order valence-corrected chi connectivity index (χ4v) is 3.38. The Labute approximate surface area is 128 Å². The van der Waals surface area contributed by atoms with E-state index in [1.165, 1.54) is 25.7 Å². The number of halogens is 1. The van der Waals surface area contributed by atoms with Gasteiger partial charge in [0.25, 0.3) is 0 Å². The number of benzene rings is 1. The number of aryl methyl sites for hydroxylation is 1. The maximum atomic E-state index is 6.14. The second-order valence-corrected chi connectivity index (χ2v) is 6.21. The first kappa shape index (κ1) is 12.9.